The number of thiazole rings is 2. The number of nitrogens with zero attached hydrogens (tertiary/aromatic N) is 2. The van der Waals surface area contributed by atoms with Crippen LogP contribution in [-0.4, -0.2) is 29.5 Å². The van der Waals surface area contributed by atoms with Gasteiger partial charge in [0.25, 0.3) is 10.0 Å². The first-order chi connectivity index (χ1) is 12.9. The molecule has 0 unspecified atom stereocenters. The van der Waals surface area contributed by atoms with Gasteiger partial charge >= 0.3 is 5.97 Å². The molecule has 1 aromatic carbocycles. The molecule has 3 rings (SSSR count). The molecule has 2 heterocycles. The Bertz CT molecular complexity index is 1030. The zero-order valence-electron chi connectivity index (χ0n) is 14.2. The molecule has 27 heavy (non-hydrogen) atoms. The molecule has 8 nitrogen and oxygen atoms in total. The van der Waals surface area contributed by atoms with E-state index in [1.165, 1.54) is 29.7 Å². The van der Waals surface area contributed by atoms with Crippen LogP contribution < -0.4 is 10.0 Å². The summed E-state index contributed by atoms with van der Waals surface area (Å²) in [6, 6.07) is 6.10. The van der Waals surface area contributed by atoms with Gasteiger partial charge in [-0.15, -0.1) is 11.3 Å². The number of aromatic carboxylic acids is 1. The summed E-state index contributed by atoms with van der Waals surface area (Å²) >= 11 is 2.25. The van der Waals surface area contributed by atoms with Crippen LogP contribution in [0.2, 0.25) is 0 Å². The Morgan fingerprint density at radius 2 is 1.96 bits per heavy atom. The highest BCUT2D eigenvalue weighted by Crippen LogP contribution is 2.28. The van der Waals surface area contributed by atoms with Crippen molar-refractivity contribution in [3.63, 3.8) is 0 Å². The van der Waals surface area contributed by atoms with Crippen molar-refractivity contribution < 1.29 is 18.3 Å². The predicted octanol–water partition coefficient (Wildman–Crippen LogP) is 3.79. The number of carbonyl (C=O) groups is 1. The van der Waals surface area contributed by atoms with Crippen molar-refractivity contribution in [1.29, 1.82) is 0 Å². The van der Waals surface area contributed by atoms with Gasteiger partial charge in [0.15, 0.2) is 10.3 Å². The number of hydrogen-bond acceptors (Lipinski definition) is 8. The summed E-state index contributed by atoms with van der Waals surface area (Å²) in [5, 5.41) is 14.7. The largest absolute Gasteiger partial charge is 0.477 e. The molecule has 0 amide bonds. The maximum Gasteiger partial charge on any atom is 0.347 e. The van der Waals surface area contributed by atoms with Gasteiger partial charge in [0.05, 0.1) is 10.6 Å². The van der Waals surface area contributed by atoms with Crippen LogP contribution in [0.3, 0.4) is 0 Å². The van der Waals surface area contributed by atoms with Crippen molar-refractivity contribution >= 4 is 54.6 Å². The van der Waals surface area contributed by atoms with Gasteiger partial charge in [-0.3, -0.25) is 4.72 Å². The fourth-order valence-corrected chi connectivity index (χ4v) is 4.93. The Kier molecular flexibility index (Phi) is 5.73. The third-order valence-corrected chi connectivity index (χ3v) is 6.62. The van der Waals surface area contributed by atoms with Crippen molar-refractivity contribution in [2.45, 2.75) is 24.7 Å². The molecule has 0 aliphatic rings. The predicted molar refractivity (Wildman–Crippen MR) is 106 cm³/mol. The molecule has 0 fully saturated rings. The van der Waals surface area contributed by atoms with Crippen LogP contribution in [0.1, 0.15) is 28.7 Å². The Balaban J connectivity index is 1.76. The van der Waals surface area contributed by atoms with Gasteiger partial charge < -0.3 is 10.4 Å². The second-order valence-electron chi connectivity index (χ2n) is 5.44. The van der Waals surface area contributed by atoms with E-state index in [2.05, 4.69) is 20.0 Å². The fourth-order valence-electron chi connectivity index (χ4n) is 2.27. The minimum absolute atomic E-state index is 0.0975. The summed E-state index contributed by atoms with van der Waals surface area (Å²) in [6.07, 6.45) is 2.89. The molecule has 2 aromatic heterocycles. The van der Waals surface area contributed by atoms with Crippen LogP contribution in [-0.2, 0) is 16.4 Å². The van der Waals surface area contributed by atoms with Crippen molar-refractivity contribution in [2.75, 3.05) is 10.0 Å². The highest BCUT2D eigenvalue weighted by molar-refractivity contribution is 7.93. The quantitative estimate of drug-likeness (QED) is 0.503. The average molecular weight is 425 g/mol. The monoisotopic (exact) mass is 424 g/mol. The lowest BCUT2D eigenvalue weighted by Crippen LogP contribution is -2.12. The van der Waals surface area contributed by atoms with Crippen molar-refractivity contribution in [2.24, 2.45) is 0 Å². The van der Waals surface area contributed by atoms with Gasteiger partial charge in [0, 0.05) is 17.3 Å². The number of aryl methyl sites for hydroxylation is 1. The van der Waals surface area contributed by atoms with E-state index in [1.807, 2.05) is 6.92 Å². The average Bonchev–Trinajstić information content (AvgIpc) is 3.25. The van der Waals surface area contributed by atoms with E-state index in [-0.39, 0.29) is 9.77 Å². The first kappa shape index (κ1) is 19.3. The van der Waals surface area contributed by atoms with Crippen LogP contribution in [0.25, 0.3) is 0 Å². The number of nitrogens with one attached hydrogen (secondary N) is 2. The van der Waals surface area contributed by atoms with Crippen molar-refractivity contribution in [1.82, 2.24) is 9.97 Å². The number of hydrogen-bond donors (Lipinski definition) is 3. The lowest BCUT2D eigenvalue weighted by Gasteiger charge is -2.07. The topological polar surface area (TPSA) is 121 Å². The Hall–Kier alpha value is -2.50. The molecular weight excluding hydrogens is 408 g/mol. The first-order valence-corrected chi connectivity index (χ1v) is 11.1. The van der Waals surface area contributed by atoms with Crippen molar-refractivity contribution in [3.05, 3.63) is 46.4 Å². The summed E-state index contributed by atoms with van der Waals surface area (Å²) in [4.78, 5) is 19.9. The van der Waals surface area contributed by atoms with Gasteiger partial charge in [0.2, 0.25) is 0 Å². The van der Waals surface area contributed by atoms with Gasteiger partial charge in [-0.05, 0) is 30.7 Å². The highest BCUT2D eigenvalue weighted by atomic mass is 32.2. The Morgan fingerprint density at radius 3 is 2.56 bits per heavy atom. The number of benzene rings is 1. The maximum absolute atomic E-state index is 12.3. The van der Waals surface area contributed by atoms with E-state index < -0.39 is 16.0 Å². The smallest absolute Gasteiger partial charge is 0.347 e. The van der Waals surface area contributed by atoms with Crippen LogP contribution in [0, 0.1) is 0 Å². The van der Waals surface area contributed by atoms with E-state index in [9.17, 15) is 18.3 Å². The van der Waals surface area contributed by atoms with Gasteiger partial charge in [-0.25, -0.2) is 23.2 Å². The number of sulfonamides is 1. The van der Waals surface area contributed by atoms with E-state index in [4.69, 9.17) is 0 Å². The SMILES string of the molecule is CCCc1nc(Nc2ccc(S(=O)(=O)Nc3nccs3)cc2)sc1C(=O)O. The highest BCUT2D eigenvalue weighted by Gasteiger charge is 2.18. The fraction of sp³-hybridized carbons (Fsp3) is 0.188. The van der Waals surface area contributed by atoms with Crippen LogP contribution >= 0.6 is 22.7 Å². The van der Waals surface area contributed by atoms with E-state index in [0.29, 0.717) is 28.1 Å². The number of carboxylic acids is 1. The summed E-state index contributed by atoms with van der Waals surface area (Å²) in [6.45, 7) is 1.96. The van der Waals surface area contributed by atoms with Crippen LogP contribution in [0.15, 0.2) is 40.7 Å². The maximum atomic E-state index is 12.3. The third-order valence-electron chi connectivity index (χ3n) is 3.45. The summed E-state index contributed by atoms with van der Waals surface area (Å²) in [5.74, 6) is -1.00. The molecule has 0 aliphatic carbocycles. The number of carboxylic acid groups (broad SMARTS) is 1. The first-order valence-electron chi connectivity index (χ1n) is 7.91. The summed E-state index contributed by atoms with van der Waals surface area (Å²) in [7, 11) is -3.71. The molecule has 3 N–H and O–H groups in total. The number of aromatic nitrogens is 2. The van der Waals surface area contributed by atoms with Crippen LogP contribution in [0.5, 0.6) is 0 Å². The molecular formula is C16H16N4O4S3. The molecule has 11 heteroatoms. The Morgan fingerprint density at radius 1 is 1.22 bits per heavy atom. The standard InChI is InChI=1S/C16H16N4O4S3/c1-2-3-12-13(14(21)22)26-16(19-12)18-10-4-6-11(7-5-10)27(23,24)20-15-17-8-9-25-15/h4-9H,2-3H2,1H3,(H,17,20)(H,18,19)(H,21,22). The Labute approximate surface area is 164 Å². The number of anilines is 3. The van der Waals surface area contributed by atoms with Crippen LogP contribution in [0.4, 0.5) is 16.0 Å². The molecule has 0 saturated carbocycles. The molecule has 0 saturated heterocycles. The minimum Gasteiger partial charge on any atom is -0.477 e. The molecule has 0 aliphatic heterocycles. The number of rotatable bonds is 8. The summed E-state index contributed by atoms with van der Waals surface area (Å²) < 4.78 is 27.1. The zero-order chi connectivity index (χ0) is 19.4. The second kappa shape index (κ2) is 8.03. The minimum atomic E-state index is -3.71. The third kappa shape index (κ3) is 4.62. The molecule has 0 spiro atoms. The molecule has 0 atom stereocenters. The second-order valence-corrected chi connectivity index (χ2v) is 9.02. The molecule has 0 radical (unpaired) electrons. The lowest BCUT2D eigenvalue weighted by molar-refractivity contribution is 0.0700. The summed E-state index contributed by atoms with van der Waals surface area (Å²) in [5.41, 5.74) is 1.15. The van der Waals surface area contributed by atoms with Gasteiger partial charge in [-0.2, -0.15) is 0 Å². The van der Waals surface area contributed by atoms with Crippen molar-refractivity contribution in [3.8, 4) is 0 Å². The molecule has 0 bridgehead atoms. The van der Waals surface area contributed by atoms with E-state index >= 15 is 0 Å². The lowest BCUT2D eigenvalue weighted by atomic mass is 10.2. The van der Waals surface area contributed by atoms with Gasteiger partial charge in [0.1, 0.15) is 4.88 Å². The van der Waals surface area contributed by atoms with E-state index in [1.54, 1.807) is 17.5 Å². The molecule has 142 valence electrons. The normalized spacial score (nSPS) is 11.3. The van der Waals surface area contributed by atoms with Gasteiger partial charge in [-0.1, -0.05) is 24.7 Å². The molecule has 3 aromatic rings. The van der Waals surface area contributed by atoms with E-state index in [0.717, 1.165) is 17.8 Å². The zero-order valence-corrected chi connectivity index (χ0v) is 16.6.